The van der Waals surface area contributed by atoms with E-state index in [1.165, 1.54) is 11.8 Å². The molecule has 1 aromatic carbocycles. The SMILES string of the molecule is CCC(C)c1ccc(Oc2cnccc2/C(N)=N/O)cc1. The highest BCUT2D eigenvalue weighted by atomic mass is 16.5. The summed E-state index contributed by atoms with van der Waals surface area (Å²) in [6, 6.07) is 9.54. The Morgan fingerprint density at radius 3 is 2.67 bits per heavy atom. The Kier molecular flexibility index (Phi) is 4.77. The Balaban J connectivity index is 2.23. The molecule has 0 radical (unpaired) electrons. The average Bonchev–Trinajstić information content (AvgIpc) is 2.54. The van der Waals surface area contributed by atoms with Crippen molar-refractivity contribution < 1.29 is 9.94 Å². The molecule has 5 nitrogen and oxygen atoms in total. The van der Waals surface area contributed by atoms with Crippen LogP contribution in [0.25, 0.3) is 0 Å². The van der Waals surface area contributed by atoms with Crippen molar-refractivity contribution in [1.29, 1.82) is 0 Å². The second kappa shape index (κ2) is 6.74. The molecule has 0 aliphatic carbocycles. The van der Waals surface area contributed by atoms with Crippen LogP contribution in [0, 0.1) is 0 Å². The highest BCUT2D eigenvalue weighted by Gasteiger charge is 2.10. The van der Waals surface area contributed by atoms with Crippen LogP contribution in [-0.4, -0.2) is 16.0 Å². The Morgan fingerprint density at radius 2 is 2.05 bits per heavy atom. The zero-order valence-corrected chi connectivity index (χ0v) is 12.2. The molecule has 0 spiro atoms. The quantitative estimate of drug-likeness (QED) is 0.381. The van der Waals surface area contributed by atoms with E-state index in [0.29, 0.717) is 23.0 Å². The Morgan fingerprint density at radius 1 is 1.33 bits per heavy atom. The predicted octanol–water partition coefficient (Wildman–Crippen LogP) is 3.48. The van der Waals surface area contributed by atoms with E-state index in [0.717, 1.165) is 6.42 Å². The van der Waals surface area contributed by atoms with Crippen molar-refractivity contribution in [3.05, 3.63) is 53.9 Å². The summed E-state index contributed by atoms with van der Waals surface area (Å²) in [5.74, 6) is 1.64. The van der Waals surface area contributed by atoms with Crippen molar-refractivity contribution in [2.24, 2.45) is 10.9 Å². The van der Waals surface area contributed by atoms with Gasteiger partial charge in [-0.25, -0.2) is 0 Å². The van der Waals surface area contributed by atoms with Gasteiger partial charge in [-0.1, -0.05) is 31.1 Å². The molecule has 110 valence electrons. The largest absolute Gasteiger partial charge is 0.455 e. The molecule has 2 rings (SSSR count). The fourth-order valence-corrected chi connectivity index (χ4v) is 1.95. The first kappa shape index (κ1) is 14.8. The van der Waals surface area contributed by atoms with Crippen LogP contribution in [0.4, 0.5) is 0 Å². The summed E-state index contributed by atoms with van der Waals surface area (Å²) >= 11 is 0. The van der Waals surface area contributed by atoms with Crippen molar-refractivity contribution in [3.8, 4) is 11.5 Å². The lowest BCUT2D eigenvalue weighted by molar-refractivity contribution is 0.318. The molecule has 5 heteroatoms. The van der Waals surface area contributed by atoms with Crippen molar-refractivity contribution in [2.45, 2.75) is 26.2 Å². The fraction of sp³-hybridized carbons (Fsp3) is 0.250. The first-order chi connectivity index (χ1) is 10.2. The molecule has 0 aliphatic rings. The van der Waals surface area contributed by atoms with Gasteiger partial charge in [0.25, 0.3) is 0 Å². The number of ether oxygens (including phenoxy) is 1. The fourth-order valence-electron chi connectivity index (χ4n) is 1.95. The number of pyridine rings is 1. The van der Waals surface area contributed by atoms with E-state index in [1.807, 2.05) is 24.3 Å². The molecular weight excluding hydrogens is 266 g/mol. The number of amidine groups is 1. The van der Waals surface area contributed by atoms with Gasteiger partial charge in [-0.15, -0.1) is 0 Å². The highest BCUT2D eigenvalue weighted by molar-refractivity contribution is 5.99. The molecule has 1 atom stereocenters. The summed E-state index contributed by atoms with van der Waals surface area (Å²) in [6.07, 6.45) is 4.19. The molecule has 1 unspecified atom stereocenters. The van der Waals surface area contributed by atoms with Crippen LogP contribution < -0.4 is 10.5 Å². The number of aromatic nitrogens is 1. The summed E-state index contributed by atoms with van der Waals surface area (Å²) in [5, 5.41) is 11.8. The van der Waals surface area contributed by atoms with Gasteiger partial charge in [-0.2, -0.15) is 0 Å². The van der Waals surface area contributed by atoms with Gasteiger partial charge in [-0.3, -0.25) is 4.98 Å². The third-order valence-corrected chi connectivity index (χ3v) is 3.46. The molecule has 0 fully saturated rings. The topological polar surface area (TPSA) is 80.7 Å². The molecule has 0 bridgehead atoms. The van der Waals surface area contributed by atoms with Crippen molar-refractivity contribution in [1.82, 2.24) is 4.98 Å². The van der Waals surface area contributed by atoms with E-state index in [1.54, 1.807) is 12.3 Å². The maximum atomic E-state index is 8.79. The molecule has 3 N–H and O–H groups in total. The summed E-state index contributed by atoms with van der Waals surface area (Å²) < 4.78 is 5.77. The lowest BCUT2D eigenvalue weighted by Gasteiger charge is -2.12. The summed E-state index contributed by atoms with van der Waals surface area (Å²) in [5.41, 5.74) is 7.39. The summed E-state index contributed by atoms with van der Waals surface area (Å²) in [6.45, 7) is 4.35. The molecule has 0 saturated heterocycles. The number of oxime groups is 1. The number of rotatable bonds is 5. The first-order valence-corrected chi connectivity index (χ1v) is 6.85. The van der Waals surface area contributed by atoms with Gasteiger partial charge in [-0.05, 0) is 36.1 Å². The summed E-state index contributed by atoms with van der Waals surface area (Å²) in [4.78, 5) is 4.00. The van der Waals surface area contributed by atoms with E-state index in [-0.39, 0.29) is 5.84 Å². The minimum Gasteiger partial charge on any atom is -0.455 e. The van der Waals surface area contributed by atoms with Crippen molar-refractivity contribution >= 4 is 5.84 Å². The Bertz CT molecular complexity index is 624. The van der Waals surface area contributed by atoms with E-state index in [2.05, 4.69) is 24.0 Å². The lowest BCUT2D eigenvalue weighted by atomic mass is 9.99. The molecule has 0 aliphatic heterocycles. The van der Waals surface area contributed by atoms with E-state index < -0.39 is 0 Å². The van der Waals surface area contributed by atoms with Gasteiger partial charge >= 0.3 is 0 Å². The second-order valence-electron chi connectivity index (χ2n) is 4.84. The number of nitrogens with two attached hydrogens (primary N) is 1. The number of hydrogen-bond acceptors (Lipinski definition) is 4. The molecule has 0 amide bonds. The van der Waals surface area contributed by atoms with Gasteiger partial charge in [0.2, 0.25) is 0 Å². The molecule has 0 saturated carbocycles. The molecule has 1 heterocycles. The molecular formula is C16H19N3O2. The second-order valence-corrected chi connectivity index (χ2v) is 4.84. The zero-order chi connectivity index (χ0) is 15.2. The maximum absolute atomic E-state index is 8.79. The smallest absolute Gasteiger partial charge is 0.173 e. The first-order valence-electron chi connectivity index (χ1n) is 6.85. The molecule has 2 aromatic rings. The minimum absolute atomic E-state index is 0.0105. The third kappa shape index (κ3) is 3.51. The van der Waals surface area contributed by atoms with Gasteiger partial charge in [0.1, 0.15) is 5.75 Å². The van der Waals surface area contributed by atoms with Crippen LogP contribution in [0.2, 0.25) is 0 Å². The van der Waals surface area contributed by atoms with Crippen LogP contribution in [0.15, 0.2) is 47.9 Å². The van der Waals surface area contributed by atoms with Crippen molar-refractivity contribution in [2.75, 3.05) is 0 Å². The van der Waals surface area contributed by atoms with Crippen LogP contribution in [-0.2, 0) is 0 Å². The predicted molar refractivity (Wildman–Crippen MR) is 82.0 cm³/mol. The van der Waals surface area contributed by atoms with Crippen LogP contribution in [0.5, 0.6) is 11.5 Å². The van der Waals surface area contributed by atoms with E-state index >= 15 is 0 Å². The minimum atomic E-state index is -0.0105. The normalized spacial score (nSPS) is 13.0. The zero-order valence-electron chi connectivity index (χ0n) is 12.2. The summed E-state index contributed by atoms with van der Waals surface area (Å²) in [7, 11) is 0. The van der Waals surface area contributed by atoms with Gasteiger partial charge in [0.05, 0.1) is 11.8 Å². The van der Waals surface area contributed by atoms with Crippen LogP contribution >= 0.6 is 0 Å². The average molecular weight is 285 g/mol. The Hall–Kier alpha value is -2.56. The standard InChI is InChI=1S/C16H19N3O2/c1-3-11(2)12-4-6-13(7-5-12)21-15-10-18-9-8-14(15)16(17)19-20/h4-11,20H,3H2,1-2H3,(H2,17,19). The van der Waals surface area contributed by atoms with E-state index in [4.69, 9.17) is 15.7 Å². The molecule has 21 heavy (non-hydrogen) atoms. The Labute approximate surface area is 124 Å². The maximum Gasteiger partial charge on any atom is 0.173 e. The number of nitrogens with zero attached hydrogens (tertiary/aromatic N) is 2. The lowest BCUT2D eigenvalue weighted by Crippen LogP contribution is -2.14. The van der Waals surface area contributed by atoms with Gasteiger partial charge < -0.3 is 15.7 Å². The highest BCUT2D eigenvalue weighted by Crippen LogP contribution is 2.26. The number of benzene rings is 1. The van der Waals surface area contributed by atoms with E-state index in [9.17, 15) is 0 Å². The number of hydrogen-bond donors (Lipinski definition) is 2. The van der Waals surface area contributed by atoms with Gasteiger partial charge in [0.15, 0.2) is 11.6 Å². The van der Waals surface area contributed by atoms with Crippen molar-refractivity contribution in [3.63, 3.8) is 0 Å². The molecule has 1 aromatic heterocycles. The van der Waals surface area contributed by atoms with Crippen LogP contribution in [0.1, 0.15) is 37.3 Å². The monoisotopic (exact) mass is 285 g/mol. The van der Waals surface area contributed by atoms with Crippen LogP contribution in [0.3, 0.4) is 0 Å². The van der Waals surface area contributed by atoms with Gasteiger partial charge in [0, 0.05) is 6.20 Å². The third-order valence-electron chi connectivity index (χ3n) is 3.46.